The van der Waals surface area contributed by atoms with Crippen LogP contribution in [0.25, 0.3) is 0 Å². The van der Waals surface area contributed by atoms with E-state index >= 15 is 0 Å². The second-order valence-corrected chi connectivity index (χ2v) is 8.00. The summed E-state index contributed by atoms with van der Waals surface area (Å²) in [6.45, 7) is 0. The molecule has 0 amide bonds. The summed E-state index contributed by atoms with van der Waals surface area (Å²) in [6, 6.07) is 1.29. The molecule has 0 aliphatic rings. The molecule has 0 N–H and O–H groups in total. The summed E-state index contributed by atoms with van der Waals surface area (Å²) in [5.41, 5.74) is -6.44. The SMILES string of the molecule is FC(F)(F)c1cc(S[CH-]Sc2cc(C(F)(F)F)cc(C(F)(F)F)c2)cc(C(F)(F)F)c1.[Li+]. The topological polar surface area (TPSA) is 0 Å². The van der Waals surface area contributed by atoms with E-state index < -0.39 is 56.7 Å². The molecule has 0 aliphatic carbocycles. The molecule has 0 unspecified atom stereocenters. The number of rotatable bonds is 4. The third-order valence-electron chi connectivity index (χ3n) is 3.49. The zero-order valence-electron chi connectivity index (χ0n) is 15.4. The summed E-state index contributed by atoms with van der Waals surface area (Å²) in [7, 11) is 0. The van der Waals surface area contributed by atoms with Gasteiger partial charge in [-0.1, -0.05) is 0 Å². The van der Waals surface area contributed by atoms with Gasteiger partial charge in [0.25, 0.3) is 0 Å². The molecule has 0 atom stereocenters. The van der Waals surface area contributed by atoms with E-state index in [0.29, 0.717) is 24.3 Å². The Morgan fingerprint density at radius 2 is 0.656 bits per heavy atom. The molecule has 0 aliphatic heterocycles. The Hall–Kier alpha value is -1.10. The van der Waals surface area contributed by atoms with Gasteiger partial charge in [-0.05, 0) is 46.2 Å². The van der Waals surface area contributed by atoms with Gasteiger partial charge >= 0.3 is 43.6 Å². The fourth-order valence-corrected chi connectivity index (χ4v) is 3.99. The number of hydrogen-bond donors (Lipinski definition) is 0. The molecule has 2 aromatic rings. The fraction of sp³-hybridized carbons (Fsp3) is 0.235. The third kappa shape index (κ3) is 8.04. The Labute approximate surface area is 193 Å². The van der Waals surface area contributed by atoms with E-state index in [2.05, 4.69) is 0 Å². The Balaban J connectivity index is 0.00000512. The van der Waals surface area contributed by atoms with Crippen LogP contribution < -0.4 is 18.9 Å². The van der Waals surface area contributed by atoms with Gasteiger partial charge in [0, 0.05) is 0 Å². The van der Waals surface area contributed by atoms with E-state index in [9.17, 15) is 52.7 Å². The van der Waals surface area contributed by atoms with E-state index in [0.717, 1.165) is 5.08 Å². The molecule has 0 saturated heterocycles. The van der Waals surface area contributed by atoms with Gasteiger partial charge in [-0.2, -0.15) is 52.7 Å². The average Bonchev–Trinajstić information content (AvgIpc) is 2.58. The van der Waals surface area contributed by atoms with Crippen molar-refractivity contribution in [1.82, 2.24) is 0 Å². The molecule has 32 heavy (non-hydrogen) atoms. The van der Waals surface area contributed by atoms with Crippen molar-refractivity contribution >= 4 is 23.5 Å². The van der Waals surface area contributed by atoms with Crippen LogP contribution in [0.1, 0.15) is 22.3 Å². The number of thioether (sulfide) groups is 2. The smallest absolute Gasteiger partial charge is 0.305 e. The number of alkyl halides is 12. The third-order valence-corrected chi connectivity index (χ3v) is 5.28. The minimum atomic E-state index is -5.10. The largest absolute Gasteiger partial charge is 1.00 e. The molecule has 2 rings (SSSR count). The number of halogens is 12. The van der Waals surface area contributed by atoms with Crippen LogP contribution in [-0.4, -0.2) is 0 Å². The van der Waals surface area contributed by atoms with E-state index in [1.165, 1.54) is 0 Å². The molecule has 2 aromatic carbocycles. The molecular formula is C17H7F12LiS2. The van der Waals surface area contributed by atoms with Crippen LogP contribution in [0.3, 0.4) is 0 Å². The van der Waals surface area contributed by atoms with Crippen molar-refractivity contribution < 1.29 is 71.5 Å². The fourth-order valence-electron chi connectivity index (χ4n) is 2.12. The van der Waals surface area contributed by atoms with Crippen LogP contribution in [0.2, 0.25) is 0 Å². The minimum Gasteiger partial charge on any atom is -0.305 e. The van der Waals surface area contributed by atoms with Gasteiger partial charge < -0.3 is 23.5 Å². The van der Waals surface area contributed by atoms with Gasteiger partial charge in [-0.3, -0.25) is 0 Å². The zero-order valence-corrected chi connectivity index (χ0v) is 17.0. The molecule has 0 spiro atoms. The normalized spacial score (nSPS) is 13.1. The standard InChI is InChI=1S/C17H7F12S2.Li/c18-14(19,20)8-1-9(15(21,22)23)4-12(3-8)30-7-31-13-5-10(16(24,25)26)2-11(6-13)17(27,28)29;/h1-7H;/q-1;+1. The van der Waals surface area contributed by atoms with Crippen molar-refractivity contribution in [2.75, 3.05) is 0 Å². The summed E-state index contributed by atoms with van der Waals surface area (Å²) < 4.78 is 154. The van der Waals surface area contributed by atoms with Crippen molar-refractivity contribution in [3.05, 3.63) is 63.7 Å². The first-order chi connectivity index (χ1) is 13.9. The van der Waals surface area contributed by atoms with Gasteiger partial charge in [-0.15, -0.1) is 0 Å². The molecule has 0 fully saturated rings. The van der Waals surface area contributed by atoms with Crippen LogP contribution in [0.4, 0.5) is 52.7 Å². The monoisotopic (exact) mass is 510 g/mol. The van der Waals surface area contributed by atoms with Gasteiger partial charge in [-0.25, -0.2) is 5.08 Å². The first-order valence-electron chi connectivity index (χ1n) is 7.61. The molecule has 0 bridgehead atoms. The Kier molecular flexibility index (Phi) is 9.07. The van der Waals surface area contributed by atoms with E-state index in [1.54, 1.807) is 0 Å². The van der Waals surface area contributed by atoms with E-state index in [4.69, 9.17) is 0 Å². The number of hydrogen-bond acceptors (Lipinski definition) is 2. The minimum absolute atomic E-state index is 0. The van der Waals surface area contributed by atoms with Crippen molar-refractivity contribution in [1.29, 1.82) is 0 Å². The quantitative estimate of drug-likeness (QED) is 0.222. The first-order valence-corrected chi connectivity index (χ1v) is 9.37. The molecule has 0 saturated carbocycles. The average molecular weight is 510 g/mol. The van der Waals surface area contributed by atoms with Crippen LogP contribution >= 0.6 is 23.5 Å². The molecule has 0 nitrogen and oxygen atoms in total. The predicted octanol–water partition coefficient (Wildman–Crippen LogP) is 5.77. The number of benzene rings is 2. The maximum Gasteiger partial charge on any atom is 1.00 e. The van der Waals surface area contributed by atoms with Crippen LogP contribution in [0.15, 0.2) is 46.2 Å². The predicted molar refractivity (Wildman–Crippen MR) is 88.9 cm³/mol. The molecule has 0 aromatic heterocycles. The van der Waals surface area contributed by atoms with Gasteiger partial charge in [0.2, 0.25) is 0 Å². The Morgan fingerprint density at radius 1 is 0.438 bits per heavy atom. The van der Waals surface area contributed by atoms with E-state index in [1.807, 2.05) is 0 Å². The summed E-state index contributed by atoms with van der Waals surface area (Å²) in [5.74, 6) is 0. The second kappa shape index (κ2) is 10.0. The summed E-state index contributed by atoms with van der Waals surface area (Å²) in [5, 5.41) is 0.825. The van der Waals surface area contributed by atoms with E-state index in [-0.39, 0.29) is 54.5 Å². The Morgan fingerprint density at radius 3 is 0.844 bits per heavy atom. The summed E-state index contributed by atoms with van der Waals surface area (Å²) >= 11 is 0.556. The Bertz CT molecular complexity index is 789. The molecule has 15 heteroatoms. The first kappa shape index (κ1) is 28.9. The van der Waals surface area contributed by atoms with Gasteiger partial charge in [0.05, 0.1) is 22.3 Å². The van der Waals surface area contributed by atoms with Crippen molar-refractivity contribution in [2.24, 2.45) is 0 Å². The summed E-state index contributed by atoms with van der Waals surface area (Å²) in [4.78, 5) is -1.12. The van der Waals surface area contributed by atoms with Crippen LogP contribution in [-0.2, 0) is 24.7 Å². The van der Waals surface area contributed by atoms with Crippen molar-refractivity contribution in [3.8, 4) is 0 Å². The molecular weight excluding hydrogens is 503 g/mol. The van der Waals surface area contributed by atoms with Crippen LogP contribution in [0.5, 0.6) is 0 Å². The van der Waals surface area contributed by atoms with Crippen molar-refractivity contribution in [2.45, 2.75) is 34.5 Å². The maximum absolute atomic E-state index is 12.8. The molecule has 172 valence electrons. The van der Waals surface area contributed by atoms with Crippen LogP contribution in [0, 0.1) is 5.08 Å². The van der Waals surface area contributed by atoms with Crippen molar-refractivity contribution in [3.63, 3.8) is 0 Å². The van der Waals surface area contributed by atoms with Gasteiger partial charge in [0.15, 0.2) is 0 Å². The molecule has 0 radical (unpaired) electrons. The second-order valence-electron chi connectivity index (χ2n) is 5.82. The molecule has 0 heterocycles. The van der Waals surface area contributed by atoms with Gasteiger partial charge in [0.1, 0.15) is 0 Å². The maximum atomic E-state index is 12.8. The zero-order chi connectivity index (χ0) is 23.8. The summed E-state index contributed by atoms with van der Waals surface area (Å²) in [6.07, 6.45) is -20.4.